The average Bonchev–Trinajstić information content (AvgIpc) is 2.35. The van der Waals surface area contributed by atoms with Gasteiger partial charge in [-0.1, -0.05) is 15.9 Å². The van der Waals surface area contributed by atoms with Crippen LogP contribution in [0.5, 0.6) is 11.5 Å². The van der Waals surface area contributed by atoms with Crippen molar-refractivity contribution in [1.29, 1.82) is 5.26 Å². The Morgan fingerprint density at radius 1 is 1.21 bits per heavy atom. The molecule has 2 rings (SSSR count). The van der Waals surface area contributed by atoms with Crippen LogP contribution in [0.2, 0.25) is 0 Å². The Morgan fingerprint density at radius 2 is 1.95 bits per heavy atom. The second-order valence-electron chi connectivity index (χ2n) is 3.89. The minimum absolute atomic E-state index is 0.212. The molecule has 0 aliphatic heterocycles. The fourth-order valence-electron chi connectivity index (χ4n) is 1.56. The second-order valence-corrected chi connectivity index (χ2v) is 4.81. The van der Waals surface area contributed by atoms with E-state index in [2.05, 4.69) is 15.9 Å². The summed E-state index contributed by atoms with van der Waals surface area (Å²) >= 11 is 3.07. The van der Waals surface area contributed by atoms with Gasteiger partial charge in [0, 0.05) is 4.47 Å². The van der Waals surface area contributed by atoms with Gasteiger partial charge in [0.2, 0.25) is 5.82 Å². The van der Waals surface area contributed by atoms with Crippen LogP contribution in [-0.4, -0.2) is 0 Å². The molecular formula is C14H8BrF2NO. The van der Waals surface area contributed by atoms with Gasteiger partial charge in [0.1, 0.15) is 5.75 Å². The summed E-state index contributed by atoms with van der Waals surface area (Å²) in [7, 11) is 0. The third-order valence-electron chi connectivity index (χ3n) is 2.51. The van der Waals surface area contributed by atoms with Gasteiger partial charge in [0.15, 0.2) is 11.6 Å². The molecule has 5 heteroatoms. The number of rotatable bonds is 2. The Hall–Kier alpha value is -1.93. The largest absolute Gasteiger partial charge is 0.454 e. The lowest BCUT2D eigenvalue weighted by Crippen LogP contribution is -1.93. The molecule has 0 amide bonds. The van der Waals surface area contributed by atoms with Crippen LogP contribution in [0.1, 0.15) is 11.1 Å². The smallest absolute Gasteiger partial charge is 0.201 e. The van der Waals surface area contributed by atoms with E-state index in [0.29, 0.717) is 21.3 Å². The predicted molar refractivity (Wildman–Crippen MR) is 70.0 cm³/mol. The molecule has 0 radical (unpaired) electrons. The Balaban J connectivity index is 2.37. The molecule has 0 spiro atoms. The number of benzene rings is 2. The summed E-state index contributed by atoms with van der Waals surface area (Å²) in [4.78, 5) is 0. The quantitative estimate of drug-likeness (QED) is 0.750. The first-order valence-corrected chi connectivity index (χ1v) is 6.13. The number of hydrogen-bond acceptors (Lipinski definition) is 2. The lowest BCUT2D eigenvalue weighted by molar-refractivity contribution is 0.415. The van der Waals surface area contributed by atoms with Crippen LogP contribution in [-0.2, 0) is 0 Å². The standard InChI is InChI=1S/C14H8BrF2NO/c1-8-4-11(3-2-9(8)7-18)19-13-6-10(15)5-12(16)14(13)17/h2-6H,1H3. The Bertz CT molecular complexity index is 680. The topological polar surface area (TPSA) is 33.0 Å². The number of nitriles is 1. The minimum atomic E-state index is -1.05. The normalized spacial score (nSPS) is 10.1. The highest BCUT2D eigenvalue weighted by Gasteiger charge is 2.12. The van der Waals surface area contributed by atoms with Crippen molar-refractivity contribution in [3.63, 3.8) is 0 Å². The SMILES string of the molecule is Cc1cc(Oc2cc(Br)cc(F)c2F)ccc1C#N. The summed E-state index contributed by atoms with van der Waals surface area (Å²) < 4.78 is 32.4. The summed E-state index contributed by atoms with van der Waals surface area (Å²) in [5.74, 6) is -1.91. The minimum Gasteiger partial charge on any atom is -0.454 e. The first-order chi connectivity index (χ1) is 9.01. The van der Waals surface area contributed by atoms with Gasteiger partial charge in [0.05, 0.1) is 11.6 Å². The average molecular weight is 324 g/mol. The molecule has 2 aromatic carbocycles. The monoisotopic (exact) mass is 323 g/mol. The van der Waals surface area contributed by atoms with Gasteiger partial charge < -0.3 is 4.74 Å². The van der Waals surface area contributed by atoms with Crippen LogP contribution in [0.15, 0.2) is 34.8 Å². The van der Waals surface area contributed by atoms with Crippen LogP contribution in [0.3, 0.4) is 0 Å². The zero-order chi connectivity index (χ0) is 14.0. The summed E-state index contributed by atoms with van der Waals surface area (Å²) in [6.45, 7) is 1.74. The van der Waals surface area contributed by atoms with Crippen molar-refractivity contribution >= 4 is 15.9 Å². The van der Waals surface area contributed by atoms with Crippen molar-refractivity contribution in [2.45, 2.75) is 6.92 Å². The maximum atomic E-state index is 13.5. The van der Waals surface area contributed by atoms with Crippen LogP contribution < -0.4 is 4.74 Å². The molecule has 0 aliphatic carbocycles. The first-order valence-electron chi connectivity index (χ1n) is 5.34. The van der Waals surface area contributed by atoms with Crippen molar-refractivity contribution < 1.29 is 13.5 Å². The van der Waals surface area contributed by atoms with Gasteiger partial charge in [-0.05, 0) is 42.8 Å². The van der Waals surface area contributed by atoms with Crippen molar-refractivity contribution in [3.05, 3.63) is 57.6 Å². The molecule has 0 saturated heterocycles. The van der Waals surface area contributed by atoms with Gasteiger partial charge in [-0.3, -0.25) is 0 Å². The molecule has 0 bridgehead atoms. The highest BCUT2D eigenvalue weighted by atomic mass is 79.9. The van der Waals surface area contributed by atoms with E-state index in [1.54, 1.807) is 19.1 Å². The molecule has 0 aliphatic rings. The number of halogens is 3. The van der Waals surface area contributed by atoms with Crippen molar-refractivity contribution in [1.82, 2.24) is 0 Å². The molecule has 0 unspecified atom stereocenters. The van der Waals surface area contributed by atoms with Crippen LogP contribution in [0, 0.1) is 29.9 Å². The number of hydrogen-bond donors (Lipinski definition) is 0. The van der Waals surface area contributed by atoms with Gasteiger partial charge in [-0.25, -0.2) is 4.39 Å². The number of nitrogens with zero attached hydrogens (tertiary/aromatic N) is 1. The van der Waals surface area contributed by atoms with E-state index in [1.165, 1.54) is 12.1 Å². The molecular weight excluding hydrogens is 316 g/mol. The molecule has 0 fully saturated rings. The highest BCUT2D eigenvalue weighted by molar-refractivity contribution is 9.10. The van der Waals surface area contributed by atoms with Crippen LogP contribution in [0.4, 0.5) is 8.78 Å². The maximum Gasteiger partial charge on any atom is 0.201 e. The highest BCUT2D eigenvalue weighted by Crippen LogP contribution is 2.30. The molecule has 0 aromatic heterocycles. The fourth-order valence-corrected chi connectivity index (χ4v) is 1.97. The van der Waals surface area contributed by atoms with E-state index in [1.807, 2.05) is 6.07 Å². The summed E-state index contributed by atoms with van der Waals surface area (Å²) in [6.07, 6.45) is 0. The molecule has 19 heavy (non-hydrogen) atoms. The molecule has 2 aromatic rings. The fraction of sp³-hybridized carbons (Fsp3) is 0.0714. The van der Waals surface area contributed by atoms with Crippen molar-refractivity contribution in [3.8, 4) is 17.6 Å². The van der Waals surface area contributed by atoms with E-state index in [-0.39, 0.29) is 5.75 Å². The van der Waals surface area contributed by atoms with E-state index < -0.39 is 11.6 Å². The molecule has 0 N–H and O–H groups in total. The summed E-state index contributed by atoms with van der Waals surface area (Å²) in [6, 6.07) is 9.07. The molecule has 0 atom stereocenters. The van der Waals surface area contributed by atoms with Crippen LogP contribution in [0.25, 0.3) is 0 Å². The molecule has 0 heterocycles. The molecule has 0 saturated carbocycles. The third kappa shape index (κ3) is 2.91. The molecule has 2 nitrogen and oxygen atoms in total. The first kappa shape index (κ1) is 13.5. The Labute approximate surface area is 117 Å². The van der Waals surface area contributed by atoms with Crippen molar-refractivity contribution in [2.24, 2.45) is 0 Å². The lowest BCUT2D eigenvalue weighted by atomic mass is 10.1. The van der Waals surface area contributed by atoms with E-state index in [9.17, 15) is 8.78 Å². The van der Waals surface area contributed by atoms with Crippen molar-refractivity contribution in [2.75, 3.05) is 0 Å². The van der Waals surface area contributed by atoms with E-state index >= 15 is 0 Å². The van der Waals surface area contributed by atoms with Crippen LogP contribution >= 0.6 is 15.9 Å². The molecule has 96 valence electrons. The Kier molecular flexibility index (Phi) is 3.82. The number of ether oxygens (including phenoxy) is 1. The summed E-state index contributed by atoms with van der Waals surface area (Å²) in [5.41, 5.74) is 1.21. The van der Waals surface area contributed by atoms with Gasteiger partial charge in [0.25, 0.3) is 0 Å². The lowest BCUT2D eigenvalue weighted by Gasteiger charge is -2.09. The van der Waals surface area contributed by atoms with E-state index in [0.717, 1.165) is 6.07 Å². The van der Waals surface area contributed by atoms with Gasteiger partial charge in [-0.15, -0.1) is 0 Å². The zero-order valence-corrected chi connectivity index (χ0v) is 11.5. The van der Waals surface area contributed by atoms with Gasteiger partial charge >= 0.3 is 0 Å². The second kappa shape index (κ2) is 5.37. The third-order valence-corrected chi connectivity index (χ3v) is 2.96. The Morgan fingerprint density at radius 3 is 2.58 bits per heavy atom. The van der Waals surface area contributed by atoms with Gasteiger partial charge in [-0.2, -0.15) is 9.65 Å². The number of aryl methyl sites for hydroxylation is 1. The maximum absolute atomic E-state index is 13.5. The predicted octanol–water partition coefficient (Wildman–Crippen LogP) is 4.70. The van der Waals surface area contributed by atoms with E-state index in [4.69, 9.17) is 10.00 Å². The summed E-state index contributed by atoms with van der Waals surface area (Å²) in [5, 5.41) is 8.81. The zero-order valence-electron chi connectivity index (χ0n) is 9.88.